The Morgan fingerprint density at radius 3 is 2.65 bits per heavy atom. The van der Waals surface area contributed by atoms with Crippen LogP contribution in [0, 0.1) is 5.92 Å². The number of carbonyl (C=O) groups excluding carboxylic acids is 1. The Morgan fingerprint density at radius 1 is 1.55 bits per heavy atom. The molecule has 0 spiro atoms. The van der Waals surface area contributed by atoms with E-state index in [1.807, 2.05) is 24.4 Å². The number of hydrogen-bond acceptors (Lipinski definition) is 3. The minimum Gasteiger partial charge on any atom is -0.480 e. The van der Waals surface area contributed by atoms with Gasteiger partial charge in [-0.3, -0.25) is 0 Å². The number of hydrogen-bond donors (Lipinski definition) is 2. The quantitative estimate of drug-likeness (QED) is 0.877. The van der Waals surface area contributed by atoms with Gasteiger partial charge in [-0.1, -0.05) is 6.07 Å². The van der Waals surface area contributed by atoms with Gasteiger partial charge in [-0.25, -0.2) is 9.59 Å². The topological polar surface area (TPSA) is 69.6 Å². The van der Waals surface area contributed by atoms with Crippen LogP contribution in [-0.4, -0.2) is 34.6 Å². The maximum atomic E-state index is 12.3. The lowest BCUT2D eigenvalue weighted by Crippen LogP contribution is -2.57. The maximum Gasteiger partial charge on any atom is 0.329 e. The molecule has 110 valence electrons. The van der Waals surface area contributed by atoms with Crippen molar-refractivity contribution in [2.75, 3.05) is 7.05 Å². The number of nitrogens with zero attached hydrogens (tertiary/aromatic N) is 1. The molecule has 1 heterocycles. The molecule has 2 amide bonds. The predicted octanol–water partition coefficient (Wildman–Crippen LogP) is 2.70. The van der Waals surface area contributed by atoms with Crippen LogP contribution in [0.4, 0.5) is 4.79 Å². The zero-order valence-electron chi connectivity index (χ0n) is 11.9. The average Bonchev–Trinajstić information content (AvgIpc) is 3.13. The summed E-state index contributed by atoms with van der Waals surface area (Å²) in [6, 6.07) is 3.49. The van der Waals surface area contributed by atoms with Gasteiger partial charge in [0.1, 0.15) is 5.54 Å². The summed E-state index contributed by atoms with van der Waals surface area (Å²) in [6.07, 6.45) is 1.71. The van der Waals surface area contributed by atoms with E-state index in [1.54, 1.807) is 30.2 Å². The monoisotopic (exact) mass is 296 g/mol. The zero-order valence-corrected chi connectivity index (χ0v) is 12.7. The second kappa shape index (κ2) is 5.44. The highest BCUT2D eigenvalue weighted by Crippen LogP contribution is 2.40. The molecular formula is C14H20N2O3S. The molecule has 0 aromatic carbocycles. The van der Waals surface area contributed by atoms with Gasteiger partial charge in [-0.05, 0) is 44.1 Å². The maximum absolute atomic E-state index is 12.3. The molecule has 2 N–H and O–H groups in total. The van der Waals surface area contributed by atoms with Gasteiger partial charge in [0.05, 0.1) is 6.04 Å². The summed E-state index contributed by atoms with van der Waals surface area (Å²) in [5, 5.41) is 14.0. The second-order valence-electron chi connectivity index (χ2n) is 5.51. The number of aliphatic carboxylic acids is 1. The van der Waals surface area contributed by atoms with Crippen molar-refractivity contribution >= 4 is 23.3 Å². The van der Waals surface area contributed by atoms with Crippen LogP contribution < -0.4 is 5.32 Å². The molecule has 0 saturated heterocycles. The van der Waals surface area contributed by atoms with Gasteiger partial charge >= 0.3 is 12.0 Å². The van der Waals surface area contributed by atoms with Crippen molar-refractivity contribution in [2.24, 2.45) is 5.92 Å². The molecule has 1 aliphatic rings. The first-order valence-corrected chi connectivity index (χ1v) is 7.56. The number of rotatable bonds is 5. The number of thiophene rings is 1. The minimum atomic E-state index is -1.17. The van der Waals surface area contributed by atoms with Crippen LogP contribution in [0.5, 0.6) is 0 Å². The number of urea groups is 1. The Hall–Kier alpha value is -1.56. The Bertz CT molecular complexity index is 499. The van der Waals surface area contributed by atoms with Crippen molar-refractivity contribution in [3.63, 3.8) is 0 Å². The fraction of sp³-hybridized carbons (Fsp3) is 0.571. The third-order valence-electron chi connectivity index (χ3n) is 4.06. The molecule has 5 nitrogen and oxygen atoms in total. The molecule has 0 aliphatic heterocycles. The normalized spacial score (nSPS) is 18.9. The number of nitrogens with one attached hydrogen (secondary N) is 1. The molecule has 1 aliphatic carbocycles. The lowest BCUT2D eigenvalue weighted by molar-refractivity contribution is -0.144. The fourth-order valence-electron chi connectivity index (χ4n) is 2.20. The standard InChI is InChI=1S/C14H20N2O3S/c1-9(11-5-4-8-20-11)16(3)13(19)15-14(2,12(17)18)10-6-7-10/h4-5,8-10H,6-7H2,1-3H3,(H,15,19)(H,17,18). The summed E-state index contributed by atoms with van der Waals surface area (Å²) in [5.41, 5.74) is -1.17. The molecule has 6 heteroatoms. The highest BCUT2D eigenvalue weighted by atomic mass is 32.1. The first-order chi connectivity index (χ1) is 9.36. The summed E-state index contributed by atoms with van der Waals surface area (Å²) >= 11 is 1.58. The molecule has 0 radical (unpaired) electrons. The van der Waals surface area contributed by atoms with Crippen LogP contribution in [-0.2, 0) is 4.79 Å². The van der Waals surface area contributed by atoms with Crippen LogP contribution in [0.1, 0.15) is 37.6 Å². The van der Waals surface area contributed by atoms with Crippen LogP contribution >= 0.6 is 11.3 Å². The van der Waals surface area contributed by atoms with Gasteiger partial charge in [0.2, 0.25) is 0 Å². The van der Waals surface area contributed by atoms with E-state index in [0.717, 1.165) is 17.7 Å². The summed E-state index contributed by atoms with van der Waals surface area (Å²) < 4.78 is 0. The molecule has 1 aromatic heterocycles. The summed E-state index contributed by atoms with van der Waals surface area (Å²) in [6.45, 7) is 3.52. The number of carboxylic acids is 1. The van der Waals surface area contributed by atoms with Gasteiger partial charge in [0.15, 0.2) is 0 Å². The van der Waals surface area contributed by atoms with E-state index in [0.29, 0.717) is 0 Å². The third-order valence-corrected chi connectivity index (χ3v) is 5.10. The van der Waals surface area contributed by atoms with Crippen LogP contribution in [0.2, 0.25) is 0 Å². The Balaban J connectivity index is 2.05. The Kier molecular flexibility index (Phi) is 4.04. The van der Waals surface area contributed by atoms with Crippen LogP contribution in [0.15, 0.2) is 17.5 Å². The molecule has 2 unspecified atom stereocenters. The lowest BCUT2D eigenvalue weighted by atomic mass is 9.96. The summed E-state index contributed by atoms with van der Waals surface area (Å²) in [7, 11) is 1.69. The van der Waals surface area contributed by atoms with Crippen molar-refractivity contribution in [1.29, 1.82) is 0 Å². The van der Waals surface area contributed by atoms with Crippen molar-refractivity contribution in [3.8, 4) is 0 Å². The highest BCUT2D eigenvalue weighted by molar-refractivity contribution is 7.10. The number of carboxylic acid groups (broad SMARTS) is 1. The smallest absolute Gasteiger partial charge is 0.329 e. The number of carbonyl (C=O) groups is 2. The molecule has 2 rings (SSSR count). The first-order valence-electron chi connectivity index (χ1n) is 6.68. The van der Waals surface area contributed by atoms with E-state index >= 15 is 0 Å². The van der Waals surface area contributed by atoms with Crippen molar-refractivity contribution in [2.45, 2.75) is 38.3 Å². The molecule has 0 bridgehead atoms. The molecular weight excluding hydrogens is 276 g/mol. The SMILES string of the molecule is CC(c1cccs1)N(C)C(=O)NC(C)(C(=O)O)C1CC1. The van der Waals surface area contributed by atoms with E-state index in [2.05, 4.69) is 5.32 Å². The Labute approximate surface area is 122 Å². The first kappa shape index (κ1) is 14.8. The highest BCUT2D eigenvalue weighted by Gasteiger charge is 2.49. The molecule has 20 heavy (non-hydrogen) atoms. The van der Waals surface area contributed by atoms with Gasteiger partial charge in [0.25, 0.3) is 0 Å². The van der Waals surface area contributed by atoms with Crippen molar-refractivity contribution in [3.05, 3.63) is 22.4 Å². The fourth-order valence-corrected chi connectivity index (χ4v) is 3.02. The van der Waals surface area contributed by atoms with E-state index < -0.39 is 11.5 Å². The molecule has 1 fully saturated rings. The molecule has 1 saturated carbocycles. The van der Waals surface area contributed by atoms with Crippen molar-refractivity contribution < 1.29 is 14.7 Å². The van der Waals surface area contributed by atoms with Gasteiger partial charge in [-0.2, -0.15) is 0 Å². The average molecular weight is 296 g/mol. The second-order valence-corrected chi connectivity index (χ2v) is 6.49. The third kappa shape index (κ3) is 2.80. The predicted molar refractivity (Wildman–Crippen MR) is 77.8 cm³/mol. The molecule has 1 aromatic rings. The van der Waals surface area contributed by atoms with E-state index in [1.165, 1.54) is 0 Å². The minimum absolute atomic E-state index is 0.0365. The Morgan fingerprint density at radius 2 is 2.20 bits per heavy atom. The van der Waals surface area contributed by atoms with E-state index in [-0.39, 0.29) is 18.0 Å². The summed E-state index contributed by atoms with van der Waals surface area (Å²) in [5.74, 6) is -0.931. The van der Waals surface area contributed by atoms with Gasteiger partial charge in [-0.15, -0.1) is 11.3 Å². The van der Waals surface area contributed by atoms with Gasteiger partial charge < -0.3 is 15.3 Å². The number of amides is 2. The molecule has 2 atom stereocenters. The van der Waals surface area contributed by atoms with E-state index in [4.69, 9.17) is 0 Å². The van der Waals surface area contributed by atoms with Crippen LogP contribution in [0.25, 0.3) is 0 Å². The summed E-state index contributed by atoms with van der Waals surface area (Å²) in [4.78, 5) is 26.3. The largest absolute Gasteiger partial charge is 0.480 e. The van der Waals surface area contributed by atoms with Crippen molar-refractivity contribution in [1.82, 2.24) is 10.2 Å². The lowest BCUT2D eigenvalue weighted by Gasteiger charge is -2.31. The van der Waals surface area contributed by atoms with Gasteiger partial charge in [0, 0.05) is 11.9 Å². The van der Waals surface area contributed by atoms with E-state index in [9.17, 15) is 14.7 Å². The van der Waals surface area contributed by atoms with Crippen LogP contribution in [0.3, 0.4) is 0 Å². The zero-order chi connectivity index (χ0) is 14.9.